The molecule has 6 heterocycles. The average molecular weight is 453 g/mol. The van der Waals surface area contributed by atoms with Gasteiger partial charge in [-0.05, 0) is 49.3 Å². The lowest BCUT2D eigenvalue weighted by Gasteiger charge is -2.10. The minimum Gasteiger partial charge on any atom is -0.335 e. The zero-order valence-corrected chi connectivity index (χ0v) is 18.9. The molecular weight excluding hydrogens is 432 g/mol. The van der Waals surface area contributed by atoms with Gasteiger partial charge in [0, 0.05) is 41.1 Å². The first-order chi connectivity index (χ1) is 16.2. The number of imidazole rings is 1. The van der Waals surface area contributed by atoms with E-state index in [2.05, 4.69) is 47.6 Å². The monoisotopic (exact) mass is 452 g/mol. The Morgan fingerprint density at radius 1 is 0.939 bits per heavy atom. The van der Waals surface area contributed by atoms with Gasteiger partial charge in [0.1, 0.15) is 11.0 Å². The van der Waals surface area contributed by atoms with E-state index in [9.17, 15) is 0 Å². The minimum absolute atomic E-state index is 0.659. The highest BCUT2D eigenvalue weighted by atomic mass is 32.1. The molecule has 6 rings (SSSR count). The van der Waals surface area contributed by atoms with Gasteiger partial charge in [0.15, 0.2) is 11.5 Å². The SMILES string of the molecule is CN(C)Cc1cncc(-c2ccc3[nH]nc(-c4nc5c(-c6cccs6)cncc5[nH]4)c3n2)c1. The Balaban J connectivity index is 1.45. The van der Waals surface area contributed by atoms with Crippen molar-refractivity contribution in [1.82, 2.24) is 40.0 Å². The fraction of sp³-hybridized carbons (Fsp3) is 0.125. The summed E-state index contributed by atoms with van der Waals surface area (Å²) in [5.74, 6) is 0.659. The number of nitrogens with zero attached hydrogens (tertiary/aromatic N) is 6. The first kappa shape index (κ1) is 19.7. The summed E-state index contributed by atoms with van der Waals surface area (Å²) < 4.78 is 0. The highest BCUT2D eigenvalue weighted by Crippen LogP contribution is 2.33. The topological polar surface area (TPSA) is 99.3 Å². The Morgan fingerprint density at radius 3 is 2.70 bits per heavy atom. The highest BCUT2D eigenvalue weighted by molar-refractivity contribution is 7.13. The number of pyridine rings is 3. The molecule has 9 heteroatoms. The molecule has 6 aromatic heterocycles. The third kappa shape index (κ3) is 3.57. The molecule has 8 nitrogen and oxygen atoms in total. The summed E-state index contributed by atoms with van der Waals surface area (Å²) in [4.78, 5) is 25.2. The molecule has 0 amide bonds. The lowest BCUT2D eigenvalue weighted by atomic mass is 10.1. The molecule has 0 radical (unpaired) electrons. The molecule has 162 valence electrons. The van der Waals surface area contributed by atoms with E-state index in [0.29, 0.717) is 11.5 Å². The van der Waals surface area contributed by atoms with Crippen molar-refractivity contribution in [2.75, 3.05) is 14.1 Å². The van der Waals surface area contributed by atoms with Crippen molar-refractivity contribution >= 4 is 33.4 Å². The molecule has 0 spiro atoms. The largest absolute Gasteiger partial charge is 0.335 e. The van der Waals surface area contributed by atoms with Crippen LogP contribution in [0.15, 0.2) is 60.5 Å². The number of hydrogen-bond donors (Lipinski definition) is 2. The van der Waals surface area contributed by atoms with E-state index in [0.717, 1.165) is 55.9 Å². The van der Waals surface area contributed by atoms with Crippen LogP contribution in [0.2, 0.25) is 0 Å². The lowest BCUT2D eigenvalue weighted by molar-refractivity contribution is 0.402. The van der Waals surface area contributed by atoms with Crippen LogP contribution in [0.4, 0.5) is 0 Å². The number of fused-ring (bicyclic) bond motifs is 2. The van der Waals surface area contributed by atoms with Crippen molar-refractivity contribution in [3.63, 3.8) is 0 Å². The molecule has 0 aliphatic heterocycles. The van der Waals surface area contributed by atoms with Gasteiger partial charge < -0.3 is 9.88 Å². The van der Waals surface area contributed by atoms with Crippen molar-refractivity contribution in [1.29, 1.82) is 0 Å². The molecule has 0 saturated carbocycles. The number of H-pyrrole nitrogens is 2. The number of aromatic amines is 2. The maximum Gasteiger partial charge on any atom is 0.161 e. The van der Waals surface area contributed by atoms with E-state index in [1.807, 2.05) is 50.9 Å². The van der Waals surface area contributed by atoms with Crippen LogP contribution in [-0.4, -0.2) is 54.1 Å². The van der Waals surface area contributed by atoms with Crippen LogP contribution >= 0.6 is 11.3 Å². The lowest BCUT2D eigenvalue weighted by Crippen LogP contribution is -2.10. The van der Waals surface area contributed by atoms with Gasteiger partial charge in [-0.15, -0.1) is 11.3 Å². The van der Waals surface area contributed by atoms with Crippen LogP contribution in [0.1, 0.15) is 5.56 Å². The maximum absolute atomic E-state index is 4.92. The van der Waals surface area contributed by atoms with E-state index in [1.54, 1.807) is 17.5 Å². The summed E-state index contributed by atoms with van der Waals surface area (Å²) in [6, 6.07) is 10.2. The van der Waals surface area contributed by atoms with Crippen LogP contribution in [0.5, 0.6) is 0 Å². The Labute approximate surface area is 193 Å². The minimum atomic E-state index is 0.659. The molecule has 0 aliphatic rings. The molecule has 0 saturated heterocycles. The summed E-state index contributed by atoms with van der Waals surface area (Å²) in [7, 11) is 4.09. The van der Waals surface area contributed by atoms with Gasteiger partial charge in [0.25, 0.3) is 0 Å². The maximum atomic E-state index is 4.92. The molecule has 0 atom stereocenters. The summed E-state index contributed by atoms with van der Waals surface area (Å²) in [5.41, 5.74) is 7.97. The van der Waals surface area contributed by atoms with Crippen molar-refractivity contribution in [3.8, 4) is 33.2 Å². The van der Waals surface area contributed by atoms with Gasteiger partial charge in [0.05, 0.1) is 22.9 Å². The van der Waals surface area contributed by atoms with Crippen molar-refractivity contribution in [3.05, 3.63) is 66.1 Å². The smallest absolute Gasteiger partial charge is 0.161 e. The van der Waals surface area contributed by atoms with Crippen LogP contribution in [0.25, 0.3) is 55.3 Å². The Hall–Kier alpha value is -3.95. The van der Waals surface area contributed by atoms with Gasteiger partial charge in [-0.3, -0.25) is 15.1 Å². The summed E-state index contributed by atoms with van der Waals surface area (Å²) >= 11 is 1.67. The van der Waals surface area contributed by atoms with Gasteiger partial charge in [-0.2, -0.15) is 5.10 Å². The summed E-state index contributed by atoms with van der Waals surface area (Å²) in [6.45, 7) is 0.819. The van der Waals surface area contributed by atoms with Gasteiger partial charge in [-0.1, -0.05) is 6.07 Å². The number of thiophene rings is 1. The van der Waals surface area contributed by atoms with Gasteiger partial charge in [-0.25, -0.2) is 9.97 Å². The standard InChI is InChI=1S/C24H20N8S/c1-32(2)13-14-8-15(10-25-9-14)17-5-6-18-22(27-17)23(31-30-18)24-28-19-12-26-11-16(21(19)29-24)20-4-3-7-33-20/h3-12H,13H2,1-2H3,(H,28,29)(H,30,31). The number of hydrogen-bond acceptors (Lipinski definition) is 7. The van der Waals surface area contributed by atoms with E-state index >= 15 is 0 Å². The van der Waals surface area contributed by atoms with Crippen LogP contribution < -0.4 is 0 Å². The molecular formula is C24H20N8S. The Bertz CT molecular complexity index is 1580. The second kappa shape index (κ2) is 7.88. The van der Waals surface area contributed by atoms with Crippen molar-refractivity contribution in [2.45, 2.75) is 6.54 Å². The van der Waals surface area contributed by atoms with Gasteiger partial charge in [0.2, 0.25) is 0 Å². The quantitative estimate of drug-likeness (QED) is 0.392. The molecule has 0 aliphatic carbocycles. The Morgan fingerprint density at radius 2 is 1.85 bits per heavy atom. The van der Waals surface area contributed by atoms with Crippen LogP contribution in [-0.2, 0) is 6.54 Å². The van der Waals surface area contributed by atoms with Gasteiger partial charge >= 0.3 is 0 Å². The van der Waals surface area contributed by atoms with E-state index in [-0.39, 0.29) is 0 Å². The zero-order valence-electron chi connectivity index (χ0n) is 18.1. The molecule has 0 unspecified atom stereocenters. The van der Waals surface area contributed by atoms with E-state index in [4.69, 9.17) is 9.97 Å². The predicted molar refractivity (Wildman–Crippen MR) is 131 cm³/mol. The van der Waals surface area contributed by atoms with Crippen LogP contribution in [0.3, 0.4) is 0 Å². The van der Waals surface area contributed by atoms with Crippen LogP contribution in [0, 0.1) is 0 Å². The number of nitrogens with one attached hydrogen (secondary N) is 2. The zero-order chi connectivity index (χ0) is 22.4. The summed E-state index contributed by atoms with van der Waals surface area (Å²) in [6.07, 6.45) is 7.37. The fourth-order valence-corrected chi connectivity index (χ4v) is 4.70. The number of rotatable bonds is 5. The number of aromatic nitrogens is 7. The highest BCUT2D eigenvalue weighted by Gasteiger charge is 2.17. The first-order valence-electron chi connectivity index (χ1n) is 10.5. The fourth-order valence-electron chi connectivity index (χ4n) is 3.96. The molecule has 0 aromatic carbocycles. The molecule has 0 fully saturated rings. The second-order valence-corrected chi connectivity index (χ2v) is 9.08. The van der Waals surface area contributed by atoms with E-state index < -0.39 is 0 Å². The normalized spacial score (nSPS) is 11.7. The Kier molecular flexibility index (Phi) is 4.70. The van der Waals surface area contributed by atoms with Crippen molar-refractivity contribution < 1.29 is 0 Å². The third-order valence-corrected chi connectivity index (χ3v) is 6.31. The molecule has 6 aromatic rings. The molecule has 0 bridgehead atoms. The third-order valence-electron chi connectivity index (χ3n) is 5.40. The first-order valence-corrected chi connectivity index (χ1v) is 11.4. The predicted octanol–water partition coefficient (Wildman–Crippen LogP) is 4.75. The van der Waals surface area contributed by atoms with Crippen molar-refractivity contribution in [2.24, 2.45) is 0 Å². The summed E-state index contributed by atoms with van der Waals surface area (Å²) in [5, 5.41) is 9.66. The molecule has 33 heavy (non-hydrogen) atoms. The van der Waals surface area contributed by atoms with E-state index in [1.165, 1.54) is 0 Å². The molecule has 2 N–H and O–H groups in total. The second-order valence-electron chi connectivity index (χ2n) is 8.13. The average Bonchev–Trinajstić information content (AvgIpc) is 3.57.